The second-order valence-electron chi connectivity index (χ2n) is 7.18. The summed E-state index contributed by atoms with van der Waals surface area (Å²) in [5, 5.41) is 5.24. The minimum absolute atomic E-state index is 0.110. The quantitative estimate of drug-likeness (QED) is 0.579. The highest BCUT2D eigenvalue weighted by molar-refractivity contribution is 5.96. The van der Waals surface area contributed by atoms with Crippen molar-refractivity contribution in [1.29, 1.82) is 0 Å². The molecule has 0 aliphatic heterocycles. The van der Waals surface area contributed by atoms with Gasteiger partial charge in [-0.05, 0) is 41.8 Å². The molecule has 0 aromatic heterocycles. The van der Waals surface area contributed by atoms with Crippen molar-refractivity contribution in [3.63, 3.8) is 0 Å². The number of carbonyl (C=O) groups excluding carboxylic acids is 1. The van der Waals surface area contributed by atoms with E-state index in [1.165, 1.54) is 0 Å². The minimum Gasteiger partial charge on any atom is -0.480 e. The molecule has 0 saturated heterocycles. The molecular weight excluding hydrogens is 334 g/mol. The zero-order chi connectivity index (χ0) is 19.4. The molecule has 0 radical (unpaired) electrons. The van der Waals surface area contributed by atoms with Crippen LogP contribution in [-0.4, -0.2) is 12.0 Å². The lowest BCUT2D eigenvalue weighted by Crippen LogP contribution is -2.33. The van der Waals surface area contributed by atoms with Gasteiger partial charge in [-0.1, -0.05) is 75.4 Å². The number of para-hydroxylation sites is 1. The van der Waals surface area contributed by atoms with Crippen LogP contribution < -0.4 is 10.1 Å². The molecular formula is C24H27NO2. The zero-order valence-electron chi connectivity index (χ0n) is 16.5. The van der Waals surface area contributed by atoms with E-state index in [9.17, 15) is 4.79 Å². The smallest absolute Gasteiger partial charge is 0.265 e. The summed E-state index contributed by atoms with van der Waals surface area (Å²) in [6, 6.07) is 20.1. The monoisotopic (exact) mass is 361 g/mol. The Kier molecular flexibility index (Phi) is 5.80. The number of ether oxygens (including phenoxy) is 1. The van der Waals surface area contributed by atoms with Crippen LogP contribution in [0.25, 0.3) is 10.8 Å². The first-order valence-electron chi connectivity index (χ1n) is 9.56. The largest absolute Gasteiger partial charge is 0.480 e. The van der Waals surface area contributed by atoms with Crippen molar-refractivity contribution in [2.24, 2.45) is 0 Å². The first kappa shape index (κ1) is 19.0. The first-order valence-corrected chi connectivity index (χ1v) is 9.56. The van der Waals surface area contributed by atoms with E-state index in [1.807, 2.05) is 68.4 Å². The number of amides is 1. The number of hydrogen-bond acceptors (Lipinski definition) is 2. The van der Waals surface area contributed by atoms with E-state index in [4.69, 9.17) is 4.74 Å². The second kappa shape index (κ2) is 8.26. The summed E-state index contributed by atoms with van der Waals surface area (Å²) in [5.74, 6) is 0.963. The Morgan fingerprint density at radius 1 is 1.00 bits per heavy atom. The molecule has 3 aromatic rings. The number of benzene rings is 3. The molecule has 1 atom stereocenters. The van der Waals surface area contributed by atoms with E-state index >= 15 is 0 Å². The second-order valence-corrected chi connectivity index (χ2v) is 7.18. The van der Waals surface area contributed by atoms with Crippen LogP contribution in [0.1, 0.15) is 44.2 Å². The topological polar surface area (TPSA) is 38.3 Å². The fraction of sp³-hybridized carbons (Fsp3) is 0.292. The third kappa shape index (κ3) is 4.13. The number of fused-ring (bicyclic) bond motifs is 1. The standard InChI is InChI=1S/C24H27NO2/c1-5-21(27-22-15-9-12-18-11-6-7-13-20(18)22)24(26)25-23-17(4)10-8-14-19(23)16(2)3/h6-16,21H,5H2,1-4H3,(H,25,26)/t21-/m1/s1. The molecule has 3 rings (SSSR count). The van der Waals surface area contributed by atoms with E-state index in [0.29, 0.717) is 12.3 Å². The Morgan fingerprint density at radius 3 is 2.44 bits per heavy atom. The van der Waals surface area contributed by atoms with Crippen LogP contribution in [0.5, 0.6) is 5.75 Å². The van der Waals surface area contributed by atoms with Gasteiger partial charge in [0.2, 0.25) is 0 Å². The van der Waals surface area contributed by atoms with Gasteiger partial charge in [-0.2, -0.15) is 0 Å². The Morgan fingerprint density at radius 2 is 1.70 bits per heavy atom. The Balaban J connectivity index is 1.85. The van der Waals surface area contributed by atoms with Crippen molar-refractivity contribution < 1.29 is 9.53 Å². The lowest BCUT2D eigenvalue weighted by Gasteiger charge is -2.21. The molecule has 3 heteroatoms. The molecule has 0 saturated carbocycles. The van der Waals surface area contributed by atoms with Crippen molar-refractivity contribution in [3.8, 4) is 5.75 Å². The molecule has 27 heavy (non-hydrogen) atoms. The predicted molar refractivity (Wildman–Crippen MR) is 113 cm³/mol. The number of carbonyl (C=O) groups is 1. The third-order valence-corrected chi connectivity index (χ3v) is 4.86. The van der Waals surface area contributed by atoms with Crippen LogP contribution in [0.15, 0.2) is 60.7 Å². The molecule has 0 fully saturated rings. The Labute approximate surface area is 161 Å². The minimum atomic E-state index is -0.546. The van der Waals surface area contributed by atoms with Crippen molar-refractivity contribution in [3.05, 3.63) is 71.8 Å². The average molecular weight is 361 g/mol. The highest BCUT2D eigenvalue weighted by atomic mass is 16.5. The molecule has 0 bridgehead atoms. The molecule has 0 aliphatic carbocycles. The van der Waals surface area contributed by atoms with Crippen LogP contribution in [0, 0.1) is 6.92 Å². The van der Waals surface area contributed by atoms with Crippen molar-refractivity contribution >= 4 is 22.4 Å². The maximum absolute atomic E-state index is 13.0. The molecule has 1 N–H and O–H groups in total. The summed E-state index contributed by atoms with van der Waals surface area (Å²) in [4.78, 5) is 13.0. The highest BCUT2D eigenvalue weighted by Gasteiger charge is 2.21. The molecule has 3 aromatic carbocycles. The molecule has 140 valence electrons. The number of aryl methyl sites for hydroxylation is 1. The first-order chi connectivity index (χ1) is 13.0. The lowest BCUT2D eigenvalue weighted by atomic mass is 9.98. The average Bonchev–Trinajstić information content (AvgIpc) is 2.67. The van der Waals surface area contributed by atoms with E-state index in [2.05, 4.69) is 25.2 Å². The lowest BCUT2D eigenvalue weighted by molar-refractivity contribution is -0.122. The van der Waals surface area contributed by atoms with Gasteiger partial charge < -0.3 is 10.1 Å². The molecule has 0 spiro atoms. The normalized spacial score (nSPS) is 12.2. The van der Waals surface area contributed by atoms with Gasteiger partial charge in [0.15, 0.2) is 6.10 Å². The van der Waals surface area contributed by atoms with Gasteiger partial charge in [0.1, 0.15) is 5.75 Å². The summed E-state index contributed by atoms with van der Waals surface area (Å²) >= 11 is 0. The molecule has 0 heterocycles. The fourth-order valence-electron chi connectivity index (χ4n) is 3.32. The number of rotatable bonds is 6. The SMILES string of the molecule is CC[C@@H](Oc1cccc2ccccc12)C(=O)Nc1c(C)cccc1C(C)C. The van der Waals surface area contributed by atoms with Gasteiger partial charge in [0.25, 0.3) is 5.91 Å². The van der Waals surface area contributed by atoms with Gasteiger partial charge in [-0.15, -0.1) is 0 Å². The van der Waals surface area contributed by atoms with Gasteiger partial charge in [-0.25, -0.2) is 0 Å². The van der Waals surface area contributed by atoms with E-state index in [-0.39, 0.29) is 5.91 Å². The van der Waals surface area contributed by atoms with E-state index < -0.39 is 6.10 Å². The van der Waals surface area contributed by atoms with Crippen LogP contribution in [0.2, 0.25) is 0 Å². The third-order valence-electron chi connectivity index (χ3n) is 4.86. The Bertz CT molecular complexity index is 941. The maximum atomic E-state index is 13.0. The van der Waals surface area contributed by atoms with Crippen LogP contribution in [0.4, 0.5) is 5.69 Å². The van der Waals surface area contributed by atoms with Gasteiger partial charge in [0, 0.05) is 11.1 Å². The summed E-state index contributed by atoms with van der Waals surface area (Å²) in [6.45, 7) is 8.26. The van der Waals surface area contributed by atoms with Gasteiger partial charge >= 0.3 is 0 Å². The number of hydrogen-bond donors (Lipinski definition) is 1. The Hall–Kier alpha value is -2.81. The molecule has 0 aliphatic rings. The van der Waals surface area contributed by atoms with Crippen molar-refractivity contribution in [2.45, 2.75) is 46.1 Å². The van der Waals surface area contributed by atoms with E-state index in [0.717, 1.165) is 33.3 Å². The molecule has 0 unspecified atom stereocenters. The van der Waals surface area contributed by atoms with Crippen molar-refractivity contribution in [1.82, 2.24) is 0 Å². The van der Waals surface area contributed by atoms with Crippen LogP contribution in [0.3, 0.4) is 0 Å². The fourth-order valence-corrected chi connectivity index (χ4v) is 3.32. The molecule has 1 amide bonds. The molecule has 3 nitrogen and oxygen atoms in total. The van der Waals surface area contributed by atoms with E-state index in [1.54, 1.807) is 0 Å². The van der Waals surface area contributed by atoms with Crippen LogP contribution >= 0.6 is 0 Å². The van der Waals surface area contributed by atoms with Crippen molar-refractivity contribution in [2.75, 3.05) is 5.32 Å². The summed E-state index contributed by atoms with van der Waals surface area (Å²) in [6.07, 6.45) is 0.0493. The maximum Gasteiger partial charge on any atom is 0.265 e. The summed E-state index contributed by atoms with van der Waals surface area (Å²) in [5.41, 5.74) is 3.11. The summed E-state index contributed by atoms with van der Waals surface area (Å²) in [7, 11) is 0. The zero-order valence-corrected chi connectivity index (χ0v) is 16.5. The number of anilines is 1. The highest BCUT2D eigenvalue weighted by Crippen LogP contribution is 2.29. The van der Waals surface area contributed by atoms with Gasteiger partial charge in [0.05, 0.1) is 0 Å². The van der Waals surface area contributed by atoms with Gasteiger partial charge in [-0.3, -0.25) is 4.79 Å². The summed E-state index contributed by atoms with van der Waals surface area (Å²) < 4.78 is 6.14. The number of nitrogens with one attached hydrogen (secondary N) is 1. The predicted octanol–water partition coefficient (Wildman–Crippen LogP) is 6.07. The van der Waals surface area contributed by atoms with Crippen LogP contribution in [-0.2, 0) is 4.79 Å².